The van der Waals surface area contributed by atoms with Crippen LogP contribution in [0, 0.1) is 13.8 Å². The van der Waals surface area contributed by atoms with Crippen molar-refractivity contribution in [3.63, 3.8) is 0 Å². The molecule has 0 saturated carbocycles. The van der Waals surface area contributed by atoms with Crippen molar-refractivity contribution < 1.29 is 4.52 Å². The van der Waals surface area contributed by atoms with Crippen LogP contribution in [0.5, 0.6) is 0 Å². The molecule has 17 heavy (non-hydrogen) atoms. The molecular weight excluding hydrogens is 214 g/mol. The maximum atomic E-state index is 5.72. The highest BCUT2D eigenvalue weighted by Crippen LogP contribution is 2.30. The molecule has 0 atom stereocenters. The third-order valence-corrected chi connectivity index (χ3v) is 3.22. The summed E-state index contributed by atoms with van der Waals surface area (Å²) in [5, 5.41) is 4.91. The molecule has 0 aliphatic heterocycles. The fourth-order valence-electron chi connectivity index (χ4n) is 2.09. The van der Waals surface area contributed by atoms with Crippen molar-refractivity contribution in [3.8, 4) is 11.1 Å². The predicted molar refractivity (Wildman–Crippen MR) is 67.7 cm³/mol. The smallest absolute Gasteiger partial charge is 0.229 e. The van der Waals surface area contributed by atoms with Crippen LogP contribution in [0.3, 0.4) is 0 Å². The first-order valence-corrected chi connectivity index (χ1v) is 5.46. The monoisotopic (exact) mass is 227 g/mol. The van der Waals surface area contributed by atoms with E-state index in [2.05, 4.69) is 36.1 Å². The summed E-state index contributed by atoms with van der Waals surface area (Å²) < 4.78 is 4.89. The highest BCUT2D eigenvalue weighted by atomic mass is 16.5. The number of benzene rings is 1. The summed E-state index contributed by atoms with van der Waals surface area (Å²) >= 11 is 0. The van der Waals surface area contributed by atoms with Crippen molar-refractivity contribution in [2.24, 2.45) is 0 Å². The fraction of sp³-hybridized carbons (Fsp3) is 0.154. The average molecular weight is 227 g/mol. The third-order valence-electron chi connectivity index (χ3n) is 3.22. The van der Waals surface area contributed by atoms with Gasteiger partial charge in [-0.3, -0.25) is 0 Å². The molecule has 4 heteroatoms. The van der Waals surface area contributed by atoms with E-state index in [1.54, 1.807) is 6.20 Å². The maximum Gasteiger partial charge on any atom is 0.229 e. The van der Waals surface area contributed by atoms with E-state index in [4.69, 9.17) is 10.3 Å². The van der Waals surface area contributed by atoms with Gasteiger partial charge in [0, 0.05) is 16.6 Å². The zero-order valence-corrected chi connectivity index (χ0v) is 9.74. The van der Waals surface area contributed by atoms with Crippen molar-refractivity contribution in [2.45, 2.75) is 13.8 Å². The van der Waals surface area contributed by atoms with Gasteiger partial charge in [-0.2, -0.15) is 0 Å². The van der Waals surface area contributed by atoms with Crippen LogP contribution in [0.1, 0.15) is 11.3 Å². The molecule has 0 saturated heterocycles. The fourth-order valence-corrected chi connectivity index (χ4v) is 2.09. The zero-order chi connectivity index (χ0) is 12.0. The summed E-state index contributed by atoms with van der Waals surface area (Å²) in [6.45, 7) is 4.18. The Hall–Kier alpha value is -2.23. The zero-order valence-electron chi connectivity index (χ0n) is 9.74. The Morgan fingerprint density at radius 1 is 1.29 bits per heavy atom. The molecule has 0 unspecified atom stereocenters. The lowest BCUT2D eigenvalue weighted by molar-refractivity contribution is 0.436. The quantitative estimate of drug-likeness (QED) is 0.671. The molecule has 86 valence electrons. The Bertz CT molecular complexity index is 694. The lowest BCUT2D eigenvalue weighted by atomic mass is 10.0. The number of aromatic nitrogens is 2. The first-order valence-electron chi connectivity index (χ1n) is 5.46. The Morgan fingerprint density at radius 3 is 2.82 bits per heavy atom. The molecule has 0 bridgehead atoms. The van der Waals surface area contributed by atoms with Gasteiger partial charge in [0.05, 0.1) is 11.8 Å². The first-order chi connectivity index (χ1) is 8.16. The highest BCUT2D eigenvalue weighted by Gasteiger charge is 2.10. The SMILES string of the molecule is Cc1[nH]c2ccc(-c3cnoc3N)cc2c1C. The Balaban J connectivity index is 2.26. The lowest BCUT2D eigenvalue weighted by Crippen LogP contribution is -1.84. The second-order valence-electron chi connectivity index (χ2n) is 4.24. The molecule has 4 nitrogen and oxygen atoms in total. The normalized spacial score (nSPS) is 11.2. The summed E-state index contributed by atoms with van der Waals surface area (Å²) in [7, 11) is 0. The second kappa shape index (κ2) is 3.38. The van der Waals surface area contributed by atoms with E-state index in [9.17, 15) is 0 Å². The van der Waals surface area contributed by atoms with Crippen LogP contribution in [0.25, 0.3) is 22.0 Å². The first kappa shape index (κ1) is 9.96. The van der Waals surface area contributed by atoms with E-state index < -0.39 is 0 Å². The third kappa shape index (κ3) is 1.41. The molecule has 3 rings (SSSR count). The second-order valence-corrected chi connectivity index (χ2v) is 4.24. The number of aryl methyl sites for hydroxylation is 2. The minimum atomic E-state index is 0.356. The molecular formula is C13H13N3O. The van der Waals surface area contributed by atoms with E-state index in [-0.39, 0.29) is 0 Å². The van der Waals surface area contributed by atoms with E-state index >= 15 is 0 Å². The molecule has 2 aromatic heterocycles. The van der Waals surface area contributed by atoms with Gasteiger partial charge in [-0.15, -0.1) is 0 Å². The van der Waals surface area contributed by atoms with Gasteiger partial charge >= 0.3 is 0 Å². The van der Waals surface area contributed by atoms with Gasteiger partial charge in [0.25, 0.3) is 0 Å². The van der Waals surface area contributed by atoms with Crippen LogP contribution in [-0.2, 0) is 0 Å². The Labute approximate surface area is 98.4 Å². The molecule has 2 heterocycles. The number of fused-ring (bicyclic) bond motifs is 1. The molecule has 0 aliphatic carbocycles. The molecule has 0 radical (unpaired) electrons. The molecule has 0 aliphatic rings. The molecule has 1 aromatic carbocycles. The van der Waals surface area contributed by atoms with E-state index in [0.717, 1.165) is 16.6 Å². The number of anilines is 1. The summed E-state index contributed by atoms with van der Waals surface area (Å²) in [5.74, 6) is 0.356. The Morgan fingerprint density at radius 2 is 2.12 bits per heavy atom. The van der Waals surface area contributed by atoms with Gasteiger partial charge in [0.15, 0.2) is 0 Å². The number of H-pyrrole nitrogens is 1. The number of nitrogens with one attached hydrogen (secondary N) is 1. The van der Waals surface area contributed by atoms with Gasteiger partial charge < -0.3 is 15.2 Å². The maximum absolute atomic E-state index is 5.72. The van der Waals surface area contributed by atoms with E-state index in [1.807, 2.05) is 6.07 Å². The van der Waals surface area contributed by atoms with Crippen LogP contribution in [0.15, 0.2) is 28.9 Å². The van der Waals surface area contributed by atoms with Gasteiger partial charge in [-0.05, 0) is 37.1 Å². The summed E-state index contributed by atoms with van der Waals surface area (Å²) in [5.41, 5.74) is 11.2. The van der Waals surface area contributed by atoms with E-state index in [1.165, 1.54) is 16.6 Å². The van der Waals surface area contributed by atoms with Crippen LogP contribution < -0.4 is 5.73 Å². The van der Waals surface area contributed by atoms with Crippen LogP contribution in [0.2, 0.25) is 0 Å². The van der Waals surface area contributed by atoms with Crippen LogP contribution in [-0.4, -0.2) is 10.1 Å². The van der Waals surface area contributed by atoms with Crippen molar-refractivity contribution in [1.82, 2.24) is 10.1 Å². The number of nitrogen functional groups attached to an aromatic ring is 1. The van der Waals surface area contributed by atoms with Crippen LogP contribution >= 0.6 is 0 Å². The summed E-state index contributed by atoms with van der Waals surface area (Å²) in [6.07, 6.45) is 1.64. The van der Waals surface area contributed by atoms with Gasteiger partial charge in [0.2, 0.25) is 5.88 Å². The molecule has 3 N–H and O–H groups in total. The lowest BCUT2D eigenvalue weighted by Gasteiger charge is -1.99. The van der Waals surface area contributed by atoms with Gasteiger partial charge in [-0.1, -0.05) is 11.2 Å². The summed E-state index contributed by atoms with van der Waals surface area (Å²) in [4.78, 5) is 3.34. The van der Waals surface area contributed by atoms with Crippen LogP contribution in [0.4, 0.5) is 5.88 Å². The number of nitrogens with two attached hydrogens (primary N) is 1. The summed E-state index contributed by atoms with van der Waals surface area (Å²) in [6, 6.07) is 6.18. The highest BCUT2D eigenvalue weighted by molar-refractivity contribution is 5.89. The number of aromatic amines is 1. The van der Waals surface area contributed by atoms with Gasteiger partial charge in [-0.25, -0.2) is 0 Å². The topological polar surface area (TPSA) is 67.8 Å². The van der Waals surface area contributed by atoms with Crippen molar-refractivity contribution in [1.29, 1.82) is 0 Å². The standard InChI is InChI=1S/C13H13N3O/c1-7-8(2)16-12-4-3-9(5-10(7)12)11-6-15-17-13(11)14/h3-6,16H,14H2,1-2H3. The number of hydrogen-bond donors (Lipinski definition) is 2. The van der Waals surface area contributed by atoms with Crippen molar-refractivity contribution >= 4 is 16.8 Å². The molecule has 0 spiro atoms. The molecule has 0 fully saturated rings. The predicted octanol–water partition coefficient (Wildman–Crippen LogP) is 3.02. The number of hydrogen-bond acceptors (Lipinski definition) is 3. The average Bonchev–Trinajstić information content (AvgIpc) is 2.85. The number of nitrogens with zero attached hydrogens (tertiary/aromatic N) is 1. The van der Waals surface area contributed by atoms with Gasteiger partial charge in [0.1, 0.15) is 0 Å². The Kier molecular flexibility index (Phi) is 1.98. The molecule has 3 aromatic rings. The minimum Gasteiger partial charge on any atom is -0.367 e. The molecule has 0 amide bonds. The minimum absolute atomic E-state index is 0.356. The largest absolute Gasteiger partial charge is 0.367 e. The number of rotatable bonds is 1. The van der Waals surface area contributed by atoms with Crippen molar-refractivity contribution in [3.05, 3.63) is 35.7 Å². The van der Waals surface area contributed by atoms with Crippen molar-refractivity contribution in [2.75, 3.05) is 5.73 Å². The van der Waals surface area contributed by atoms with E-state index in [0.29, 0.717) is 5.88 Å².